The highest BCUT2D eigenvalue weighted by Gasteiger charge is 1.96. The monoisotopic (exact) mass is 220 g/mol. The van der Waals surface area contributed by atoms with Crippen molar-refractivity contribution in [3.63, 3.8) is 0 Å². The van der Waals surface area contributed by atoms with E-state index in [9.17, 15) is 9.79 Å². The Hall–Kier alpha value is 0.840. The van der Waals surface area contributed by atoms with Crippen molar-refractivity contribution in [2.45, 2.75) is 25.5 Å². The van der Waals surface area contributed by atoms with Crippen molar-refractivity contribution in [2.75, 3.05) is 0 Å². The van der Waals surface area contributed by atoms with Crippen molar-refractivity contribution < 1.29 is 9.79 Å². The van der Waals surface area contributed by atoms with Gasteiger partial charge >= 0.3 is 0 Å². The van der Waals surface area contributed by atoms with Gasteiger partial charge in [0.1, 0.15) is 0 Å². The molecule has 0 rings (SSSR count). The zero-order chi connectivity index (χ0) is 7.49. The Morgan fingerprint density at radius 3 is 1.91 bits per heavy atom. The Labute approximate surface area is 76.9 Å². The molecule has 8 N–H and O–H groups in total. The van der Waals surface area contributed by atoms with Crippen LogP contribution in [0.5, 0.6) is 0 Å². The minimum Gasteiger partial charge on any atom is -0.825 e. The molecular formula is C4H17N2O2PS2. The lowest BCUT2D eigenvalue weighted by atomic mass is 10.4. The number of rotatable bonds is 3. The number of hydrogen-bond donors (Lipinski definition) is 2. The van der Waals surface area contributed by atoms with E-state index in [1.807, 2.05) is 13.8 Å². The first-order valence-electron chi connectivity index (χ1n) is 2.66. The van der Waals surface area contributed by atoms with Crippen molar-refractivity contribution in [3.8, 4) is 0 Å². The summed E-state index contributed by atoms with van der Waals surface area (Å²) in [7, 11) is 0. The highest BCUT2D eigenvalue weighted by atomic mass is 32.9. The average molecular weight is 220 g/mol. The molecule has 0 aliphatic rings. The molecule has 0 amide bonds. The quantitative estimate of drug-likeness (QED) is 0.694. The van der Waals surface area contributed by atoms with E-state index in [4.69, 9.17) is 0 Å². The summed E-state index contributed by atoms with van der Waals surface area (Å²) in [5.41, 5.74) is -3.49. The van der Waals surface area contributed by atoms with E-state index in [0.29, 0.717) is 0 Å². The van der Waals surface area contributed by atoms with Crippen LogP contribution in [0.4, 0.5) is 0 Å². The highest BCUT2D eigenvalue weighted by Crippen LogP contribution is 2.45. The first-order chi connectivity index (χ1) is 3.95. The summed E-state index contributed by atoms with van der Waals surface area (Å²) < 4.78 is 0. The van der Waals surface area contributed by atoms with Gasteiger partial charge in [-0.3, -0.25) is 0 Å². The second-order valence-electron chi connectivity index (χ2n) is 1.77. The van der Waals surface area contributed by atoms with Crippen molar-refractivity contribution in [1.82, 2.24) is 12.3 Å². The van der Waals surface area contributed by atoms with Gasteiger partial charge in [0.25, 0.3) is 0 Å². The first kappa shape index (κ1) is 17.8. The Morgan fingerprint density at radius 2 is 1.82 bits per heavy atom. The minimum absolute atomic E-state index is 0. The van der Waals surface area contributed by atoms with E-state index >= 15 is 0 Å². The lowest BCUT2D eigenvalue weighted by Gasteiger charge is -2.36. The van der Waals surface area contributed by atoms with Crippen LogP contribution in [0, 0.1) is 0 Å². The van der Waals surface area contributed by atoms with Crippen molar-refractivity contribution in [2.24, 2.45) is 0 Å². The molecule has 0 spiro atoms. The Balaban J connectivity index is -0.000000320. The molecule has 0 aliphatic heterocycles. The molecule has 0 heterocycles. The van der Waals surface area contributed by atoms with Crippen LogP contribution in [0.3, 0.4) is 0 Å². The van der Waals surface area contributed by atoms with Gasteiger partial charge in [0.2, 0.25) is 0 Å². The van der Waals surface area contributed by atoms with Crippen LogP contribution >= 0.6 is 17.1 Å². The van der Waals surface area contributed by atoms with Gasteiger partial charge in [-0.25, -0.2) is 0 Å². The third-order valence-corrected chi connectivity index (χ3v) is 4.46. The summed E-state index contributed by atoms with van der Waals surface area (Å²) in [6.07, 6.45) is 0.841. The molecule has 1 atom stereocenters. The molecule has 0 fully saturated rings. The molecule has 0 aromatic carbocycles. The van der Waals surface area contributed by atoms with Crippen molar-refractivity contribution in [3.05, 3.63) is 0 Å². The summed E-state index contributed by atoms with van der Waals surface area (Å²) in [5.74, 6) is 0. The van der Waals surface area contributed by atoms with Crippen molar-refractivity contribution in [1.29, 1.82) is 0 Å². The minimum atomic E-state index is -3.49. The first-order valence-corrected chi connectivity index (χ1v) is 6.78. The molecule has 11 heavy (non-hydrogen) atoms. The normalized spacial score (nSPS) is 12.7. The predicted molar refractivity (Wildman–Crippen MR) is 53.6 cm³/mol. The second kappa shape index (κ2) is 7.49. The molecular weight excluding hydrogens is 203 g/mol. The van der Waals surface area contributed by atoms with E-state index in [2.05, 4.69) is 11.8 Å². The topological polar surface area (TPSA) is 119 Å². The summed E-state index contributed by atoms with van der Waals surface area (Å²) in [6.45, 7) is 3.78. The van der Waals surface area contributed by atoms with Crippen LogP contribution in [-0.2, 0) is 11.8 Å². The van der Waals surface area contributed by atoms with Crippen LogP contribution in [0.1, 0.15) is 20.3 Å². The van der Waals surface area contributed by atoms with Crippen LogP contribution in [0.2, 0.25) is 0 Å². The Kier molecular flexibility index (Phi) is 12.1. The molecule has 4 nitrogen and oxygen atoms in total. The molecule has 1 unspecified atom stereocenters. The molecule has 0 saturated heterocycles. The molecule has 72 valence electrons. The molecule has 0 saturated carbocycles. The standard InChI is InChI=1S/C4H11O2PS2.2H3N/c1-3-4(2)9-7(5,6)8;;/h4H,3H2,1-2H3,(H2,5,6,8);2*1H3. The molecule has 0 aromatic heterocycles. The lowest BCUT2D eigenvalue weighted by Crippen LogP contribution is -2.12. The van der Waals surface area contributed by atoms with E-state index in [-0.39, 0.29) is 17.6 Å². The zero-order valence-electron chi connectivity index (χ0n) is 7.36. The van der Waals surface area contributed by atoms with Crippen molar-refractivity contribution >= 4 is 28.9 Å². The van der Waals surface area contributed by atoms with Gasteiger partial charge in [-0.15, -0.1) is 11.8 Å². The van der Waals surface area contributed by atoms with E-state index in [1.165, 1.54) is 0 Å². The van der Waals surface area contributed by atoms with Gasteiger partial charge in [0, 0.05) is 5.25 Å². The Bertz CT molecular complexity index is 129. The summed E-state index contributed by atoms with van der Waals surface area (Å²) in [4.78, 5) is 20.8. The van der Waals surface area contributed by atoms with Crippen LogP contribution < -0.4 is 22.1 Å². The zero-order valence-corrected chi connectivity index (χ0v) is 9.89. The fourth-order valence-electron chi connectivity index (χ4n) is 0.295. The fourth-order valence-corrected chi connectivity index (χ4v) is 3.98. The predicted octanol–water partition coefficient (Wildman–Crippen LogP) is 1.22. The van der Waals surface area contributed by atoms with E-state index < -0.39 is 5.69 Å². The molecule has 0 aromatic rings. The Morgan fingerprint density at radius 1 is 1.45 bits per heavy atom. The largest absolute Gasteiger partial charge is 0.825 e. The second-order valence-corrected chi connectivity index (χ2v) is 7.89. The maximum atomic E-state index is 10.4. The van der Waals surface area contributed by atoms with E-state index in [1.54, 1.807) is 0 Å². The fraction of sp³-hybridized carbons (Fsp3) is 1.00. The van der Waals surface area contributed by atoms with Gasteiger partial charge < -0.3 is 22.1 Å². The smallest absolute Gasteiger partial charge is 0.00415 e. The molecule has 0 bridgehead atoms. The number of hydrogen-bond acceptors (Lipinski definition) is 4. The summed E-state index contributed by atoms with van der Waals surface area (Å²) in [5, 5.41) is 0.130. The SMILES string of the molecule is CCC(C)SP([O-])([O-])=S.[NH4+].[NH4+]. The maximum absolute atomic E-state index is 10.4. The molecule has 7 heteroatoms. The third kappa shape index (κ3) is 13.8. The summed E-state index contributed by atoms with van der Waals surface area (Å²) >= 11 is 5.06. The van der Waals surface area contributed by atoms with Gasteiger partial charge in [0.15, 0.2) is 0 Å². The van der Waals surface area contributed by atoms with Crippen LogP contribution in [0.15, 0.2) is 0 Å². The van der Waals surface area contributed by atoms with Gasteiger partial charge in [0.05, 0.1) is 0 Å². The van der Waals surface area contributed by atoms with Gasteiger partial charge in [-0.1, -0.05) is 13.8 Å². The van der Waals surface area contributed by atoms with E-state index in [0.717, 1.165) is 17.8 Å². The molecule has 0 aliphatic carbocycles. The van der Waals surface area contributed by atoms with Gasteiger partial charge in [-0.05, 0) is 6.42 Å². The highest BCUT2D eigenvalue weighted by molar-refractivity contribution is 8.66. The van der Waals surface area contributed by atoms with Crippen LogP contribution in [-0.4, -0.2) is 5.25 Å². The summed E-state index contributed by atoms with van der Waals surface area (Å²) in [6, 6.07) is 0. The average Bonchev–Trinajstić information content (AvgIpc) is 1.62. The lowest BCUT2D eigenvalue weighted by molar-refractivity contribution is -0.284. The third-order valence-electron chi connectivity index (χ3n) is 0.884. The maximum Gasteiger partial charge on any atom is 0.00415 e. The molecule has 0 radical (unpaired) electrons. The van der Waals surface area contributed by atoms with Gasteiger partial charge in [-0.2, -0.15) is 17.1 Å². The number of quaternary nitrogens is 2. The van der Waals surface area contributed by atoms with Crippen LogP contribution in [0.25, 0.3) is 0 Å².